The standard InChI is InChI=1S/C16H25NO/c1-3-13-18-16(4-2,14-9-5-6-10-14)15-11-7-8-12-17-15/h7-8,11-12,14H,3-6,9-10,13H2,1-2H3. The van der Waals surface area contributed by atoms with Crippen LogP contribution < -0.4 is 0 Å². The molecule has 2 rings (SSSR count). The first-order chi connectivity index (χ1) is 8.83. The van der Waals surface area contributed by atoms with Gasteiger partial charge in [0.25, 0.3) is 0 Å². The molecule has 1 aromatic heterocycles. The Morgan fingerprint density at radius 2 is 2.06 bits per heavy atom. The molecule has 1 fully saturated rings. The SMILES string of the molecule is CCCOC(CC)(c1ccccn1)C1CCCC1. The van der Waals surface area contributed by atoms with Crippen molar-refractivity contribution in [3.63, 3.8) is 0 Å². The van der Waals surface area contributed by atoms with E-state index in [1.807, 2.05) is 12.3 Å². The van der Waals surface area contributed by atoms with Gasteiger partial charge in [-0.15, -0.1) is 0 Å². The van der Waals surface area contributed by atoms with E-state index in [1.54, 1.807) is 0 Å². The summed E-state index contributed by atoms with van der Waals surface area (Å²) in [6, 6.07) is 6.20. The molecule has 0 radical (unpaired) electrons. The molecule has 1 atom stereocenters. The highest BCUT2D eigenvalue weighted by atomic mass is 16.5. The average Bonchev–Trinajstić information content (AvgIpc) is 2.96. The molecule has 0 amide bonds. The second kappa shape index (κ2) is 6.33. The monoisotopic (exact) mass is 247 g/mol. The predicted octanol–water partition coefficient (Wildman–Crippen LogP) is 4.30. The summed E-state index contributed by atoms with van der Waals surface area (Å²) in [5, 5.41) is 0. The van der Waals surface area contributed by atoms with Crippen LogP contribution in [-0.2, 0) is 10.3 Å². The van der Waals surface area contributed by atoms with Crippen molar-refractivity contribution in [1.82, 2.24) is 4.98 Å². The maximum absolute atomic E-state index is 6.34. The molecule has 0 bridgehead atoms. The predicted molar refractivity (Wildman–Crippen MR) is 74.4 cm³/mol. The molecule has 0 N–H and O–H groups in total. The zero-order valence-corrected chi connectivity index (χ0v) is 11.7. The fourth-order valence-electron chi connectivity index (χ4n) is 3.26. The van der Waals surface area contributed by atoms with Crippen molar-refractivity contribution < 1.29 is 4.74 Å². The Morgan fingerprint density at radius 3 is 2.61 bits per heavy atom. The largest absolute Gasteiger partial charge is 0.368 e. The van der Waals surface area contributed by atoms with Gasteiger partial charge in [0.2, 0.25) is 0 Å². The minimum atomic E-state index is -0.145. The van der Waals surface area contributed by atoms with E-state index in [0.717, 1.165) is 25.1 Å². The van der Waals surface area contributed by atoms with Gasteiger partial charge in [0.15, 0.2) is 0 Å². The molecular formula is C16H25NO. The van der Waals surface area contributed by atoms with Crippen molar-refractivity contribution in [2.24, 2.45) is 5.92 Å². The molecule has 1 unspecified atom stereocenters. The van der Waals surface area contributed by atoms with Crippen LogP contribution in [0.2, 0.25) is 0 Å². The Balaban J connectivity index is 2.30. The summed E-state index contributed by atoms with van der Waals surface area (Å²) >= 11 is 0. The van der Waals surface area contributed by atoms with Crippen molar-refractivity contribution in [2.45, 2.75) is 58.0 Å². The Labute approximate surface area is 111 Å². The molecule has 2 nitrogen and oxygen atoms in total. The van der Waals surface area contributed by atoms with Gasteiger partial charge >= 0.3 is 0 Å². The zero-order valence-electron chi connectivity index (χ0n) is 11.7. The second-order valence-corrected chi connectivity index (χ2v) is 5.29. The van der Waals surface area contributed by atoms with Crippen LogP contribution in [0.1, 0.15) is 58.1 Å². The van der Waals surface area contributed by atoms with Crippen molar-refractivity contribution in [1.29, 1.82) is 0 Å². The molecule has 1 aromatic rings. The minimum Gasteiger partial charge on any atom is -0.368 e. The summed E-state index contributed by atoms with van der Waals surface area (Å²) in [4.78, 5) is 4.59. The minimum absolute atomic E-state index is 0.145. The van der Waals surface area contributed by atoms with Gasteiger partial charge in [0, 0.05) is 12.8 Å². The van der Waals surface area contributed by atoms with E-state index in [-0.39, 0.29) is 5.60 Å². The topological polar surface area (TPSA) is 22.1 Å². The van der Waals surface area contributed by atoms with E-state index < -0.39 is 0 Å². The van der Waals surface area contributed by atoms with Gasteiger partial charge in [-0.25, -0.2) is 0 Å². The third kappa shape index (κ3) is 2.59. The van der Waals surface area contributed by atoms with Gasteiger partial charge in [0.1, 0.15) is 5.60 Å². The highest BCUT2D eigenvalue weighted by molar-refractivity contribution is 5.15. The zero-order chi connectivity index (χ0) is 12.8. The van der Waals surface area contributed by atoms with Crippen LogP contribution in [0.5, 0.6) is 0 Å². The van der Waals surface area contributed by atoms with Crippen LogP contribution in [0.15, 0.2) is 24.4 Å². The molecule has 0 aromatic carbocycles. The lowest BCUT2D eigenvalue weighted by atomic mass is 9.80. The number of ether oxygens (including phenoxy) is 1. The van der Waals surface area contributed by atoms with Crippen LogP contribution in [0.25, 0.3) is 0 Å². The normalized spacial score (nSPS) is 19.9. The third-order valence-corrected chi connectivity index (χ3v) is 4.20. The van der Waals surface area contributed by atoms with Gasteiger partial charge in [-0.1, -0.05) is 32.8 Å². The van der Waals surface area contributed by atoms with Crippen LogP contribution in [-0.4, -0.2) is 11.6 Å². The smallest absolute Gasteiger partial charge is 0.112 e. The highest BCUT2D eigenvalue weighted by Crippen LogP contribution is 2.44. The average molecular weight is 247 g/mol. The summed E-state index contributed by atoms with van der Waals surface area (Å²) < 4.78 is 6.34. The fourth-order valence-corrected chi connectivity index (χ4v) is 3.26. The molecule has 0 aliphatic heterocycles. The van der Waals surface area contributed by atoms with Crippen LogP contribution in [0, 0.1) is 5.92 Å². The lowest BCUT2D eigenvalue weighted by molar-refractivity contribution is -0.0983. The van der Waals surface area contributed by atoms with Crippen molar-refractivity contribution in [3.05, 3.63) is 30.1 Å². The van der Waals surface area contributed by atoms with Gasteiger partial charge < -0.3 is 4.74 Å². The van der Waals surface area contributed by atoms with E-state index in [4.69, 9.17) is 4.74 Å². The van der Waals surface area contributed by atoms with Gasteiger partial charge in [-0.3, -0.25) is 4.98 Å². The maximum atomic E-state index is 6.34. The molecule has 2 heteroatoms. The number of rotatable bonds is 6. The molecule has 0 saturated heterocycles. The van der Waals surface area contributed by atoms with E-state index in [2.05, 4.69) is 31.0 Å². The number of nitrogens with zero attached hydrogens (tertiary/aromatic N) is 1. The molecule has 1 aliphatic rings. The summed E-state index contributed by atoms with van der Waals surface area (Å²) in [6.07, 6.45) is 9.24. The Hall–Kier alpha value is -0.890. The summed E-state index contributed by atoms with van der Waals surface area (Å²) in [5.41, 5.74) is 0.987. The summed E-state index contributed by atoms with van der Waals surface area (Å²) in [6.45, 7) is 5.25. The van der Waals surface area contributed by atoms with E-state index in [0.29, 0.717) is 5.92 Å². The molecule has 1 heterocycles. The van der Waals surface area contributed by atoms with E-state index in [1.165, 1.54) is 25.7 Å². The quantitative estimate of drug-likeness (QED) is 0.747. The molecule has 100 valence electrons. The van der Waals surface area contributed by atoms with Crippen molar-refractivity contribution in [3.8, 4) is 0 Å². The van der Waals surface area contributed by atoms with Crippen molar-refractivity contribution >= 4 is 0 Å². The number of aromatic nitrogens is 1. The van der Waals surface area contributed by atoms with Gasteiger partial charge in [-0.2, -0.15) is 0 Å². The molecule has 0 spiro atoms. The number of hydrogen-bond acceptors (Lipinski definition) is 2. The van der Waals surface area contributed by atoms with Crippen LogP contribution >= 0.6 is 0 Å². The molecular weight excluding hydrogens is 222 g/mol. The van der Waals surface area contributed by atoms with Gasteiger partial charge in [-0.05, 0) is 43.7 Å². The highest BCUT2D eigenvalue weighted by Gasteiger charge is 2.42. The maximum Gasteiger partial charge on any atom is 0.112 e. The Morgan fingerprint density at radius 1 is 1.28 bits per heavy atom. The van der Waals surface area contributed by atoms with Crippen LogP contribution in [0.3, 0.4) is 0 Å². The molecule has 1 aliphatic carbocycles. The van der Waals surface area contributed by atoms with Gasteiger partial charge in [0.05, 0.1) is 5.69 Å². The van der Waals surface area contributed by atoms with E-state index in [9.17, 15) is 0 Å². The lowest BCUT2D eigenvalue weighted by Gasteiger charge is -2.38. The molecule has 18 heavy (non-hydrogen) atoms. The second-order valence-electron chi connectivity index (χ2n) is 5.29. The fraction of sp³-hybridized carbons (Fsp3) is 0.688. The first-order valence-electron chi connectivity index (χ1n) is 7.39. The summed E-state index contributed by atoms with van der Waals surface area (Å²) in [5.74, 6) is 0.643. The number of hydrogen-bond donors (Lipinski definition) is 0. The van der Waals surface area contributed by atoms with Crippen LogP contribution in [0.4, 0.5) is 0 Å². The van der Waals surface area contributed by atoms with Crippen molar-refractivity contribution in [2.75, 3.05) is 6.61 Å². The first-order valence-corrected chi connectivity index (χ1v) is 7.39. The molecule has 1 saturated carbocycles. The third-order valence-electron chi connectivity index (χ3n) is 4.20. The first kappa shape index (κ1) is 13.5. The summed E-state index contributed by atoms with van der Waals surface area (Å²) in [7, 11) is 0. The Kier molecular flexibility index (Phi) is 4.76. The number of pyridine rings is 1. The Bertz CT molecular complexity index is 345. The lowest BCUT2D eigenvalue weighted by Crippen LogP contribution is -2.37. The van der Waals surface area contributed by atoms with E-state index >= 15 is 0 Å².